The molecule has 1 fully saturated rings. The van der Waals surface area contributed by atoms with Crippen molar-refractivity contribution in [2.45, 2.75) is 30.7 Å². The monoisotopic (exact) mass is 391 g/mol. The van der Waals surface area contributed by atoms with Crippen LogP contribution < -0.4 is 5.32 Å². The van der Waals surface area contributed by atoms with Gasteiger partial charge in [0.05, 0.1) is 4.90 Å². The maximum absolute atomic E-state index is 13.0. The van der Waals surface area contributed by atoms with E-state index in [1.165, 1.54) is 0 Å². The van der Waals surface area contributed by atoms with Crippen molar-refractivity contribution in [3.63, 3.8) is 0 Å². The smallest absolute Gasteiger partial charge is 0.243 e. The van der Waals surface area contributed by atoms with Gasteiger partial charge in [0.1, 0.15) is 0 Å². The van der Waals surface area contributed by atoms with Crippen LogP contribution in [0.1, 0.15) is 19.8 Å². The van der Waals surface area contributed by atoms with E-state index in [0.717, 1.165) is 30.2 Å². The molecule has 1 saturated heterocycles. The molecular formula is C16H23Cl2N3O2S. The minimum absolute atomic E-state index is 0. The van der Waals surface area contributed by atoms with E-state index in [0.29, 0.717) is 18.0 Å². The van der Waals surface area contributed by atoms with Gasteiger partial charge < -0.3 is 5.32 Å². The van der Waals surface area contributed by atoms with Crippen molar-refractivity contribution < 1.29 is 8.42 Å². The lowest BCUT2D eigenvalue weighted by Crippen LogP contribution is -2.46. The summed E-state index contributed by atoms with van der Waals surface area (Å²) in [7, 11) is -3.47. The standard InChI is InChI=1S/C16H21N3O2S.2ClH/c1-13-11-17-7-2-3-9-19(13)22(20,21)16-5-4-15-12-18-8-6-14(15)10-16;;/h4-6,8,10,12-13,17H,2-3,7,9,11H2,1H3;2*1H/t13-;;/m1../s1. The summed E-state index contributed by atoms with van der Waals surface area (Å²) in [4.78, 5) is 4.42. The van der Waals surface area contributed by atoms with Crippen molar-refractivity contribution in [3.8, 4) is 0 Å². The molecule has 0 amide bonds. The molecule has 1 atom stereocenters. The highest BCUT2D eigenvalue weighted by atomic mass is 35.5. The van der Waals surface area contributed by atoms with Crippen LogP contribution in [0.25, 0.3) is 10.8 Å². The van der Waals surface area contributed by atoms with Crippen LogP contribution in [0.3, 0.4) is 0 Å². The maximum Gasteiger partial charge on any atom is 0.243 e. The summed E-state index contributed by atoms with van der Waals surface area (Å²) in [5, 5.41) is 5.15. The Morgan fingerprint density at radius 3 is 2.75 bits per heavy atom. The topological polar surface area (TPSA) is 62.3 Å². The molecule has 0 aliphatic carbocycles. The lowest BCUT2D eigenvalue weighted by Gasteiger charge is -2.30. The summed E-state index contributed by atoms with van der Waals surface area (Å²) in [5.74, 6) is 0. The van der Waals surface area contributed by atoms with Crippen molar-refractivity contribution in [2.75, 3.05) is 19.6 Å². The average Bonchev–Trinajstić information content (AvgIpc) is 2.50. The number of benzene rings is 1. The Morgan fingerprint density at radius 2 is 1.96 bits per heavy atom. The van der Waals surface area contributed by atoms with Gasteiger partial charge in [-0.25, -0.2) is 8.42 Å². The number of nitrogens with one attached hydrogen (secondary N) is 1. The average molecular weight is 392 g/mol. The van der Waals surface area contributed by atoms with Gasteiger partial charge in [0.25, 0.3) is 0 Å². The lowest BCUT2D eigenvalue weighted by atomic mass is 10.2. The molecule has 0 bridgehead atoms. The van der Waals surface area contributed by atoms with E-state index in [1.807, 2.05) is 19.1 Å². The number of pyridine rings is 1. The van der Waals surface area contributed by atoms with Crippen LogP contribution in [0, 0.1) is 0 Å². The number of hydrogen-bond acceptors (Lipinski definition) is 4. The van der Waals surface area contributed by atoms with Gasteiger partial charge in [0, 0.05) is 36.9 Å². The predicted molar refractivity (Wildman–Crippen MR) is 102 cm³/mol. The fourth-order valence-corrected chi connectivity index (χ4v) is 4.57. The number of halogens is 2. The van der Waals surface area contributed by atoms with E-state index >= 15 is 0 Å². The molecule has 1 N–H and O–H groups in total. The van der Waals surface area contributed by atoms with Gasteiger partial charge in [-0.05, 0) is 49.9 Å². The highest BCUT2D eigenvalue weighted by Crippen LogP contribution is 2.23. The molecular weight excluding hydrogens is 369 g/mol. The highest BCUT2D eigenvalue weighted by molar-refractivity contribution is 7.89. The Labute approximate surface area is 155 Å². The third-order valence-electron chi connectivity index (χ3n) is 4.13. The van der Waals surface area contributed by atoms with Crippen LogP contribution in [0.15, 0.2) is 41.6 Å². The Kier molecular flexibility index (Phi) is 7.89. The van der Waals surface area contributed by atoms with E-state index in [4.69, 9.17) is 0 Å². The van der Waals surface area contributed by atoms with E-state index in [-0.39, 0.29) is 30.9 Å². The first-order valence-corrected chi connectivity index (χ1v) is 9.09. The van der Waals surface area contributed by atoms with Gasteiger partial charge in [-0.2, -0.15) is 4.31 Å². The minimum Gasteiger partial charge on any atom is -0.315 e. The maximum atomic E-state index is 13.0. The second-order valence-electron chi connectivity index (χ2n) is 5.76. The summed E-state index contributed by atoms with van der Waals surface area (Å²) >= 11 is 0. The molecule has 1 aromatic heterocycles. The van der Waals surface area contributed by atoms with Gasteiger partial charge in [0.15, 0.2) is 0 Å². The first-order valence-electron chi connectivity index (χ1n) is 7.65. The largest absolute Gasteiger partial charge is 0.315 e. The highest BCUT2D eigenvalue weighted by Gasteiger charge is 2.29. The SMILES string of the molecule is C[C@@H]1CNCCCCN1S(=O)(=O)c1ccc2cnccc2c1.Cl.Cl. The Morgan fingerprint density at radius 1 is 1.17 bits per heavy atom. The van der Waals surface area contributed by atoms with E-state index in [2.05, 4.69) is 10.3 Å². The third-order valence-corrected chi connectivity index (χ3v) is 6.14. The fourth-order valence-electron chi connectivity index (χ4n) is 2.87. The second-order valence-corrected chi connectivity index (χ2v) is 7.65. The predicted octanol–water partition coefficient (Wildman–Crippen LogP) is 2.84. The molecule has 0 unspecified atom stereocenters. The zero-order chi connectivity index (χ0) is 15.6. The zero-order valence-corrected chi connectivity index (χ0v) is 16.0. The van der Waals surface area contributed by atoms with Gasteiger partial charge in [-0.15, -0.1) is 24.8 Å². The third kappa shape index (κ3) is 4.37. The molecule has 134 valence electrons. The Balaban J connectivity index is 0.00000144. The molecule has 1 aliphatic rings. The van der Waals surface area contributed by atoms with Crippen LogP contribution in [0.2, 0.25) is 0 Å². The number of aromatic nitrogens is 1. The van der Waals surface area contributed by atoms with Gasteiger partial charge >= 0.3 is 0 Å². The minimum atomic E-state index is -3.47. The number of rotatable bonds is 2. The number of sulfonamides is 1. The normalized spacial score (nSPS) is 19.6. The molecule has 0 spiro atoms. The van der Waals surface area contributed by atoms with Crippen LogP contribution in [0.4, 0.5) is 0 Å². The molecule has 0 radical (unpaired) electrons. The molecule has 5 nitrogen and oxygen atoms in total. The molecule has 3 rings (SSSR count). The van der Waals surface area contributed by atoms with E-state index in [1.54, 1.807) is 28.8 Å². The van der Waals surface area contributed by atoms with Crippen LogP contribution in [0.5, 0.6) is 0 Å². The summed E-state index contributed by atoms with van der Waals surface area (Å²) in [6.45, 7) is 4.19. The van der Waals surface area contributed by atoms with Gasteiger partial charge in [-0.3, -0.25) is 4.98 Å². The van der Waals surface area contributed by atoms with Crippen molar-refractivity contribution in [3.05, 3.63) is 36.7 Å². The molecule has 24 heavy (non-hydrogen) atoms. The van der Waals surface area contributed by atoms with Crippen molar-refractivity contribution in [1.82, 2.24) is 14.6 Å². The van der Waals surface area contributed by atoms with Crippen molar-refractivity contribution >= 4 is 45.6 Å². The summed E-state index contributed by atoms with van der Waals surface area (Å²) < 4.78 is 27.6. The molecule has 8 heteroatoms. The van der Waals surface area contributed by atoms with Gasteiger partial charge in [-0.1, -0.05) is 6.07 Å². The van der Waals surface area contributed by atoms with Crippen LogP contribution >= 0.6 is 24.8 Å². The van der Waals surface area contributed by atoms with E-state index in [9.17, 15) is 8.42 Å². The first kappa shape index (κ1) is 21.1. The quantitative estimate of drug-likeness (QED) is 0.854. The Hall–Kier alpha value is -0.920. The molecule has 1 aromatic carbocycles. The second kappa shape index (κ2) is 8.97. The first-order chi connectivity index (χ1) is 10.6. The van der Waals surface area contributed by atoms with Crippen molar-refractivity contribution in [1.29, 1.82) is 0 Å². The van der Waals surface area contributed by atoms with Crippen LogP contribution in [-0.4, -0.2) is 43.4 Å². The Bertz CT molecular complexity index is 771. The number of fused-ring (bicyclic) bond motifs is 1. The van der Waals surface area contributed by atoms with E-state index < -0.39 is 10.0 Å². The van der Waals surface area contributed by atoms with Crippen molar-refractivity contribution in [2.24, 2.45) is 0 Å². The fraction of sp³-hybridized carbons (Fsp3) is 0.438. The lowest BCUT2D eigenvalue weighted by molar-refractivity contribution is 0.301. The number of hydrogen-bond donors (Lipinski definition) is 1. The number of nitrogens with zero attached hydrogens (tertiary/aromatic N) is 2. The summed E-state index contributed by atoms with van der Waals surface area (Å²) in [5.41, 5.74) is 0. The molecule has 1 aliphatic heterocycles. The molecule has 0 saturated carbocycles. The van der Waals surface area contributed by atoms with Gasteiger partial charge in [0.2, 0.25) is 10.0 Å². The van der Waals surface area contributed by atoms with Crippen LogP contribution in [-0.2, 0) is 10.0 Å². The summed E-state index contributed by atoms with van der Waals surface area (Å²) in [6, 6.07) is 7.04. The zero-order valence-electron chi connectivity index (χ0n) is 13.5. The molecule has 2 heterocycles. The summed E-state index contributed by atoms with van der Waals surface area (Å²) in [6.07, 6.45) is 5.31. The molecule has 2 aromatic rings.